The lowest BCUT2D eigenvalue weighted by molar-refractivity contribution is -0.132. The van der Waals surface area contributed by atoms with E-state index in [1.54, 1.807) is 19.2 Å². The van der Waals surface area contributed by atoms with Gasteiger partial charge in [-0.3, -0.25) is 4.90 Å². The van der Waals surface area contributed by atoms with Crippen molar-refractivity contribution in [2.75, 3.05) is 33.4 Å². The number of aliphatic carboxylic acids is 1. The molecule has 1 unspecified atom stereocenters. The molecule has 3 aliphatic rings. The molecule has 1 saturated carbocycles. The zero-order chi connectivity index (χ0) is 21.3. The van der Waals surface area contributed by atoms with Gasteiger partial charge in [-0.15, -0.1) is 0 Å². The average molecular weight is 416 g/mol. The smallest absolute Gasteiger partial charge is 0.337 e. The van der Waals surface area contributed by atoms with Gasteiger partial charge in [-0.2, -0.15) is 0 Å². The summed E-state index contributed by atoms with van der Waals surface area (Å²) in [5.74, 6) is -0.935. The van der Waals surface area contributed by atoms with Gasteiger partial charge < -0.3 is 19.5 Å². The van der Waals surface area contributed by atoms with Gasteiger partial charge in [0, 0.05) is 38.0 Å². The fourth-order valence-corrected chi connectivity index (χ4v) is 4.44. The SMILES string of the molecule is COCc1ccc(CN2C(C3CC3)=C(C(=O)O)C(C)=CC2N2CCOCC2)cc1F. The number of ether oxygens (including phenoxy) is 2. The molecular weight excluding hydrogens is 387 g/mol. The van der Waals surface area contributed by atoms with Crippen LogP contribution in [0.5, 0.6) is 0 Å². The van der Waals surface area contributed by atoms with Crippen LogP contribution in [0.3, 0.4) is 0 Å². The Hall–Kier alpha value is -2.22. The van der Waals surface area contributed by atoms with Crippen LogP contribution < -0.4 is 0 Å². The van der Waals surface area contributed by atoms with Gasteiger partial charge in [0.1, 0.15) is 12.0 Å². The maximum absolute atomic E-state index is 14.5. The first kappa shape index (κ1) is 21.0. The third kappa shape index (κ3) is 4.29. The van der Waals surface area contributed by atoms with Crippen LogP contribution in [-0.2, 0) is 27.4 Å². The van der Waals surface area contributed by atoms with E-state index >= 15 is 0 Å². The number of halogens is 1. The standard InChI is InChI=1S/C23H29FN2O4/c1-15-11-20(25-7-9-30-10-8-25)26(22(17-5-6-17)21(15)23(27)28)13-16-3-4-18(14-29-2)19(24)12-16/h3-4,11-12,17,20H,5-10,13-14H2,1-2H3,(H,27,28). The number of rotatable bonds is 7. The number of morpholine rings is 1. The van der Waals surface area contributed by atoms with Gasteiger partial charge >= 0.3 is 5.97 Å². The Morgan fingerprint density at radius 3 is 2.63 bits per heavy atom. The molecule has 0 bridgehead atoms. The summed E-state index contributed by atoms with van der Waals surface area (Å²) >= 11 is 0. The predicted octanol–water partition coefficient (Wildman–Crippen LogP) is 3.14. The monoisotopic (exact) mass is 416 g/mol. The maximum atomic E-state index is 14.5. The Bertz CT molecular complexity index is 872. The number of carbonyl (C=O) groups is 1. The van der Waals surface area contributed by atoms with Gasteiger partial charge in [-0.1, -0.05) is 12.1 Å². The summed E-state index contributed by atoms with van der Waals surface area (Å²) in [6.45, 7) is 5.45. The van der Waals surface area contributed by atoms with Crippen LogP contribution in [0.15, 0.2) is 41.1 Å². The van der Waals surface area contributed by atoms with Crippen molar-refractivity contribution in [3.63, 3.8) is 0 Å². The molecule has 7 heteroatoms. The first-order valence-electron chi connectivity index (χ1n) is 10.5. The Morgan fingerprint density at radius 2 is 2.03 bits per heavy atom. The van der Waals surface area contributed by atoms with Gasteiger partial charge in [0.05, 0.1) is 25.4 Å². The van der Waals surface area contributed by atoms with Gasteiger partial charge in [0.25, 0.3) is 0 Å². The van der Waals surface area contributed by atoms with E-state index in [1.807, 2.05) is 19.1 Å². The van der Waals surface area contributed by atoms with E-state index in [0.717, 1.165) is 42.8 Å². The maximum Gasteiger partial charge on any atom is 0.337 e. The van der Waals surface area contributed by atoms with Crippen molar-refractivity contribution >= 4 is 5.97 Å². The molecule has 2 heterocycles. The van der Waals surface area contributed by atoms with Crippen LogP contribution in [0.2, 0.25) is 0 Å². The van der Waals surface area contributed by atoms with Crippen LogP contribution in [0.25, 0.3) is 0 Å². The second-order valence-electron chi connectivity index (χ2n) is 8.24. The lowest BCUT2D eigenvalue weighted by Crippen LogP contribution is -2.53. The number of hydrogen-bond donors (Lipinski definition) is 1. The molecule has 2 aliphatic heterocycles. The molecule has 1 atom stereocenters. The molecule has 1 aliphatic carbocycles. The normalized spacial score (nSPS) is 23.0. The predicted molar refractivity (Wildman–Crippen MR) is 110 cm³/mol. The number of carboxylic acids is 1. The fourth-order valence-electron chi connectivity index (χ4n) is 4.44. The molecule has 1 aromatic rings. The zero-order valence-corrected chi connectivity index (χ0v) is 17.6. The Kier molecular flexibility index (Phi) is 6.22. The van der Waals surface area contributed by atoms with Crippen molar-refractivity contribution in [1.82, 2.24) is 9.80 Å². The second-order valence-corrected chi connectivity index (χ2v) is 8.24. The van der Waals surface area contributed by atoms with Crippen LogP contribution in [0.1, 0.15) is 30.9 Å². The number of benzene rings is 1. The highest BCUT2D eigenvalue weighted by molar-refractivity contribution is 5.93. The molecule has 0 radical (unpaired) electrons. The lowest BCUT2D eigenvalue weighted by atomic mass is 9.95. The summed E-state index contributed by atoms with van der Waals surface area (Å²) < 4.78 is 25.1. The number of carboxylic acid groups (broad SMARTS) is 1. The van der Waals surface area contributed by atoms with E-state index in [2.05, 4.69) is 9.80 Å². The van der Waals surface area contributed by atoms with Crippen molar-refractivity contribution in [2.24, 2.45) is 5.92 Å². The van der Waals surface area contributed by atoms with Crippen molar-refractivity contribution < 1.29 is 23.8 Å². The summed E-state index contributed by atoms with van der Waals surface area (Å²) in [6.07, 6.45) is 3.96. The van der Waals surface area contributed by atoms with E-state index in [4.69, 9.17) is 9.47 Å². The largest absolute Gasteiger partial charge is 0.478 e. The number of hydrogen-bond acceptors (Lipinski definition) is 5. The number of allylic oxidation sites excluding steroid dienone is 1. The summed E-state index contributed by atoms with van der Waals surface area (Å²) in [7, 11) is 1.54. The van der Waals surface area contributed by atoms with Crippen molar-refractivity contribution in [3.05, 3.63) is 58.1 Å². The first-order chi connectivity index (χ1) is 14.5. The van der Waals surface area contributed by atoms with Crippen molar-refractivity contribution in [1.29, 1.82) is 0 Å². The van der Waals surface area contributed by atoms with Crippen LogP contribution in [0.4, 0.5) is 4.39 Å². The number of methoxy groups -OCH3 is 1. The molecule has 0 spiro atoms. The van der Waals surface area contributed by atoms with Crippen molar-refractivity contribution in [2.45, 2.75) is 39.1 Å². The Balaban J connectivity index is 1.71. The molecule has 2 fully saturated rings. The third-order valence-electron chi connectivity index (χ3n) is 6.05. The van der Waals surface area contributed by atoms with Crippen molar-refractivity contribution in [3.8, 4) is 0 Å². The highest BCUT2D eigenvalue weighted by Crippen LogP contribution is 2.45. The summed E-state index contributed by atoms with van der Waals surface area (Å²) in [6, 6.07) is 5.20. The zero-order valence-electron chi connectivity index (χ0n) is 17.6. The summed E-state index contributed by atoms with van der Waals surface area (Å²) in [4.78, 5) is 16.6. The Morgan fingerprint density at radius 1 is 1.30 bits per heavy atom. The molecule has 1 saturated heterocycles. The molecule has 4 rings (SSSR count). The van der Waals surface area contributed by atoms with E-state index in [9.17, 15) is 14.3 Å². The van der Waals surface area contributed by atoms with Gasteiger partial charge in [0.15, 0.2) is 0 Å². The third-order valence-corrected chi connectivity index (χ3v) is 6.05. The van der Waals surface area contributed by atoms with Crippen LogP contribution in [0, 0.1) is 11.7 Å². The van der Waals surface area contributed by atoms with E-state index < -0.39 is 5.97 Å². The Labute approximate surface area is 176 Å². The minimum atomic E-state index is -0.891. The van der Waals surface area contributed by atoms with Gasteiger partial charge in [-0.05, 0) is 49.0 Å². The van der Waals surface area contributed by atoms with E-state index in [0.29, 0.717) is 30.9 Å². The van der Waals surface area contributed by atoms with Gasteiger partial charge in [-0.25, -0.2) is 9.18 Å². The minimum absolute atomic E-state index is 0.0608. The minimum Gasteiger partial charge on any atom is -0.478 e. The molecule has 0 aromatic heterocycles. The summed E-state index contributed by atoms with van der Waals surface area (Å²) in [5.41, 5.74) is 3.43. The number of nitrogens with zero attached hydrogens (tertiary/aromatic N) is 2. The van der Waals surface area contributed by atoms with Crippen LogP contribution >= 0.6 is 0 Å². The quantitative estimate of drug-likeness (QED) is 0.737. The molecule has 162 valence electrons. The topological polar surface area (TPSA) is 62.2 Å². The average Bonchev–Trinajstić information content (AvgIpc) is 3.56. The molecule has 0 amide bonds. The molecule has 1 aromatic carbocycles. The van der Waals surface area contributed by atoms with Crippen LogP contribution in [-0.4, -0.2) is 60.5 Å². The van der Waals surface area contributed by atoms with E-state index in [-0.39, 0.29) is 24.5 Å². The highest BCUT2D eigenvalue weighted by Gasteiger charge is 2.41. The lowest BCUT2D eigenvalue weighted by Gasteiger charge is -2.45. The molecule has 6 nitrogen and oxygen atoms in total. The second kappa shape index (κ2) is 8.88. The first-order valence-corrected chi connectivity index (χ1v) is 10.5. The molecule has 30 heavy (non-hydrogen) atoms. The molecule has 1 N–H and O–H groups in total. The highest BCUT2D eigenvalue weighted by atomic mass is 19.1. The molecular formula is C23H29FN2O4. The summed E-state index contributed by atoms with van der Waals surface area (Å²) in [5, 5.41) is 9.94. The van der Waals surface area contributed by atoms with Gasteiger partial charge in [0.2, 0.25) is 0 Å². The fraction of sp³-hybridized carbons (Fsp3) is 0.522. The van der Waals surface area contributed by atoms with E-state index in [1.165, 1.54) is 0 Å².